The normalized spacial score (nSPS) is 13.8. The topological polar surface area (TPSA) is 9.23 Å². The van der Waals surface area contributed by atoms with Crippen LogP contribution in [0.25, 0.3) is 0 Å². The van der Waals surface area contributed by atoms with E-state index in [2.05, 4.69) is 4.74 Å². The van der Waals surface area contributed by atoms with Crippen molar-refractivity contribution in [2.24, 2.45) is 0 Å². The largest absolute Gasteiger partial charge is 0.414 e. The smallest absolute Gasteiger partial charge is 0.372 e. The number of hydrogen-bond acceptors (Lipinski definition) is 1. The lowest BCUT2D eigenvalue weighted by molar-refractivity contribution is -0.214. The second-order valence-corrected chi connectivity index (χ2v) is 3.87. The zero-order valence-corrected chi connectivity index (χ0v) is 9.48. The summed E-state index contributed by atoms with van der Waals surface area (Å²) in [4.78, 5) is 0. The van der Waals surface area contributed by atoms with Gasteiger partial charge in [-0.2, -0.15) is 13.2 Å². The molecule has 0 heterocycles. The fourth-order valence-corrected chi connectivity index (χ4v) is 1.49. The SMILES string of the molecule is COC(CCc1ccc(Cl)cc1)C(F)(F)F. The maximum atomic E-state index is 12.3. The highest BCUT2D eigenvalue weighted by atomic mass is 35.5. The molecule has 1 atom stereocenters. The van der Waals surface area contributed by atoms with Gasteiger partial charge in [0.2, 0.25) is 0 Å². The highest BCUT2D eigenvalue weighted by Gasteiger charge is 2.39. The Bertz CT molecular complexity index is 321. The number of alkyl halides is 3. The average Bonchev–Trinajstić information content (AvgIpc) is 2.19. The van der Waals surface area contributed by atoms with Crippen LogP contribution in [0.3, 0.4) is 0 Å². The van der Waals surface area contributed by atoms with E-state index in [0.29, 0.717) is 11.4 Å². The Morgan fingerprint density at radius 2 is 1.81 bits per heavy atom. The molecule has 0 spiro atoms. The van der Waals surface area contributed by atoms with Crippen LogP contribution in [0.5, 0.6) is 0 Å². The fourth-order valence-electron chi connectivity index (χ4n) is 1.36. The van der Waals surface area contributed by atoms with Gasteiger partial charge in [-0.05, 0) is 30.5 Å². The molecule has 0 aliphatic carbocycles. The Labute approximate surface area is 97.2 Å². The van der Waals surface area contributed by atoms with Crippen molar-refractivity contribution < 1.29 is 17.9 Å². The van der Waals surface area contributed by atoms with Crippen LogP contribution in [-0.2, 0) is 11.2 Å². The van der Waals surface area contributed by atoms with Crippen LogP contribution in [0.2, 0.25) is 5.02 Å². The Balaban J connectivity index is 2.53. The van der Waals surface area contributed by atoms with Crippen molar-refractivity contribution in [2.45, 2.75) is 25.1 Å². The lowest BCUT2D eigenvalue weighted by Gasteiger charge is -2.18. The van der Waals surface area contributed by atoms with E-state index in [1.807, 2.05) is 0 Å². The standard InChI is InChI=1S/C11H12ClF3O/c1-16-10(11(13,14)15)7-4-8-2-5-9(12)6-3-8/h2-3,5-6,10H,4,7H2,1H3. The van der Waals surface area contributed by atoms with Crippen LogP contribution in [-0.4, -0.2) is 19.4 Å². The van der Waals surface area contributed by atoms with Crippen molar-refractivity contribution in [2.75, 3.05) is 7.11 Å². The third-order valence-corrected chi connectivity index (χ3v) is 2.51. The van der Waals surface area contributed by atoms with E-state index in [-0.39, 0.29) is 6.42 Å². The van der Waals surface area contributed by atoms with Crippen molar-refractivity contribution in [1.29, 1.82) is 0 Å². The van der Waals surface area contributed by atoms with Crippen molar-refractivity contribution in [1.82, 2.24) is 0 Å². The second-order valence-electron chi connectivity index (χ2n) is 3.43. The molecule has 1 aromatic carbocycles. The van der Waals surface area contributed by atoms with Crippen LogP contribution in [0.4, 0.5) is 13.2 Å². The number of aryl methyl sites for hydroxylation is 1. The van der Waals surface area contributed by atoms with Gasteiger partial charge in [0.1, 0.15) is 0 Å². The molecule has 16 heavy (non-hydrogen) atoms. The molecule has 0 aliphatic heterocycles. The van der Waals surface area contributed by atoms with Crippen LogP contribution < -0.4 is 0 Å². The van der Waals surface area contributed by atoms with Gasteiger partial charge in [-0.25, -0.2) is 0 Å². The summed E-state index contributed by atoms with van der Waals surface area (Å²) in [5, 5.41) is 0.572. The molecule has 0 fully saturated rings. The summed E-state index contributed by atoms with van der Waals surface area (Å²) >= 11 is 5.67. The Morgan fingerprint density at radius 1 is 1.25 bits per heavy atom. The Kier molecular flexibility index (Phi) is 4.62. The average molecular weight is 253 g/mol. The molecule has 0 aliphatic rings. The molecule has 0 saturated heterocycles. The number of rotatable bonds is 4. The molecule has 1 unspecified atom stereocenters. The summed E-state index contributed by atoms with van der Waals surface area (Å²) in [5.41, 5.74) is 0.815. The number of halogens is 4. The van der Waals surface area contributed by atoms with Gasteiger partial charge in [-0.15, -0.1) is 0 Å². The summed E-state index contributed by atoms with van der Waals surface area (Å²) in [5.74, 6) is 0. The van der Waals surface area contributed by atoms with Crippen LogP contribution in [0.15, 0.2) is 24.3 Å². The first-order valence-corrected chi connectivity index (χ1v) is 5.15. The van der Waals surface area contributed by atoms with E-state index in [4.69, 9.17) is 11.6 Å². The summed E-state index contributed by atoms with van der Waals surface area (Å²) in [6.07, 6.45) is -5.78. The first-order chi connectivity index (χ1) is 7.43. The molecular formula is C11H12ClF3O. The van der Waals surface area contributed by atoms with Gasteiger partial charge in [0.05, 0.1) is 0 Å². The summed E-state index contributed by atoms with van der Waals surface area (Å²) in [6.45, 7) is 0. The Morgan fingerprint density at radius 3 is 2.25 bits per heavy atom. The van der Waals surface area contributed by atoms with Gasteiger partial charge in [0, 0.05) is 12.1 Å². The zero-order chi connectivity index (χ0) is 12.2. The minimum absolute atomic E-state index is 0.0817. The predicted octanol–water partition coefficient (Wildman–Crippen LogP) is 3.85. The Hall–Kier alpha value is -0.740. The molecule has 90 valence electrons. The van der Waals surface area contributed by atoms with Crippen molar-refractivity contribution in [3.05, 3.63) is 34.9 Å². The minimum atomic E-state index is -4.30. The lowest BCUT2D eigenvalue weighted by Crippen LogP contribution is -2.31. The maximum absolute atomic E-state index is 12.3. The monoisotopic (exact) mass is 252 g/mol. The maximum Gasteiger partial charge on any atom is 0.414 e. The van der Waals surface area contributed by atoms with Gasteiger partial charge in [0.15, 0.2) is 6.10 Å². The molecule has 0 saturated carbocycles. The van der Waals surface area contributed by atoms with E-state index < -0.39 is 12.3 Å². The highest BCUT2D eigenvalue weighted by Crippen LogP contribution is 2.26. The molecule has 0 aromatic heterocycles. The quantitative estimate of drug-likeness (QED) is 0.791. The number of hydrogen-bond donors (Lipinski definition) is 0. The zero-order valence-electron chi connectivity index (χ0n) is 8.72. The third kappa shape index (κ3) is 4.02. The number of benzene rings is 1. The number of ether oxygens (including phenoxy) is 1. The molecule has 0 bridgehead atoms. The van der Waals surface area contributed by atoms with Gasteiger partial charge < -0.3 is 4.74 Å². The van der Waals surface area contributed by atoms with E-state index in [0.717, 1.165) is 12.7 Å². The van der Waals surface area contributed by atoms with Crippen molar-refractivity contribution in [3.63, 3.8) is 0 Å². The first-order valence-electron chi connectivity index (χ1n) is 4.77. The van der Waals surface area contributed by atoms with Gasteiger partial charge in [-0.1, -0.05) is 23.7 Å². The molecule has 1 aromatic rings. The molecule has 5 heteroatoms. The summed E-state index contributed by atoms with van der Waals surface area (Å²) in [7, 11) is 1.07. The van der Waals surface area contributed by atoms with Crippen molar-refractivity contribution in [3.8, 4) is 0 Å². The van der Waals surface area contributed by atoms with E-state index in [1.165, 1.54) is 0 Å². The van der Waals surface area contributed by atoms with Crippen LogP contribution in [0, 0.1) is 0 Å². The molecule has 1 nitrogen and oxygen atoms in total. The summed E-state index contributed by atoms with van der Waals surface area (Å²) in [6, 6.07) is 6.75. The van der Waals surface area contributed by atoms with Crippen molar-refractivity contribution >= 4 is 11.6 Å². The predicted molar refractivity (Wildman–Crippen MR) is 56.6 cm³/mol. The molecule has 0 amide bonds. The first kappa shape index (κ1) is 13.3. The molecule has 1 rings (SSSR count). The molecular weight excluding hydrogens is 241 g/mol. The fraction of sp³-hybridized carbons (Fsp3) is 0.455. The van der Waals surface area contributed by atoms with Gasteiger partial charge in [0.25, 0.3) is 0 Å². The molecule has 0 N–H and O–H groups in total. The highest BCUT2D eigenvalue weighted by molar-refractivity contribution is 6.30. The number of methoxy groups -OCH3 is 1. The minimum Gasteiger partial charge on any atom is -0.372 e. The lowest BCUT2D eigenvalue weighted by atomic mass is 10.1. The van der Waals surface area contributed by atoms with E-state index in [9.17, 15) is 13.2 Å². The van der Waals surface area contributed by atoms with E-state index in [1.54, 1.807) is 24.3 Å². The van der Waals surface area contributed by atoms with Gasteiger partial charge in [-0.3, -0.25) is 0 Å². The molecule has 0 radical (unpaired) electrons. The third-order valence-electron chi connectivity index (χ3n) is 2.26. The van der Waals surface area contributed by atoms with Crippen LogP contribution in [0.1, 0.15) is 12.0 Å². The van der Waals surface area contributed by atoms with Crippen LogP contribution >= 0.6 is 11.6 Å². The second kappa shape index (κ2) is 5.55. The van der Waals surface area contributed by atoms with E-state index >= 15 is 0 Å². The summed E-state index contributed by atoms with van der Waals surface area (Å²) < 4.78 is 41.4. The van der Waals surface area contributed by atoms with Gasteiger partial charge >= 0.3 is 6.18 Å².